The molecule has 0 fully saturated rings. The first kappa shape index (κ1) is 12.5. The molecule has 0 saturated carbocycles. The Labute approximate surface area is 108 Å². The lowest BCUT2D eigenvalue weighted by Crippen LogP contribution is -2.02. The molecule has 88 valence electrons. The van der Waals surface area contributed by atoms with E-state index in [1.54, 1.807) is 6.20 Å². The summed E-state index contributed by atoms with van der Waals surface area (Å²) in [5, 5.41) is 0. The van der Waals surface area contributed by atoms with E-state index in [0.717, 1.165) is 5.56 Å². The molecule has 0 unspecified atom stereocenters. The van der Waals surface area contributed by atoms with Crippen LogP contribution in [0.5, 0.6) is 0 Å². The maximum atomic E-state index is 4.66. The molecule has 0 aromatic carbocycles. The van der Waals surface area contributed by atoms with E-state index in [4.69, 9.17) is 0 Å². The van der Waals surface area contributed by atoms with Gasteiger partial charge in [-0.25, -0.2) is 0 Å². The Morgan fingerprint density at radius 3 is 3.12 bits per heavy atom. The molecule has 2 atom stereocenters. The summed E-state index contributed by atoms with van der Waals surface area (Å²) < 4.78 is 1.45. The van der Waals surface area contributed by atoms with E-state index in [9.17, 15) is 0 Å². The number of hydrogen-bond acceptors (Lipinski definition) is 3. The molecule has 0 N–H and O–H groups in total. The van der Waals surface area contributed by atoms with Crippen LogP contribution in [0.25, 0.3) is 0 Å². The lowest BCUT2D eigenvalue weighted by atomic mass is 10.3. The Kier molecular flexibility index (Phi) is 4.52. The molecule has 1 aromatic rings. The Balaban J connectivity index is 2.08. The molecule has 1 aliphatic rings. The van der Waals surface area contributed by atoms with Gasteiger partial charge >= 0.3 is 0 Å². The summed E-state index contributed by atoms with van der Waals surface area (Å²) in [7, 11) is -0.196. The molecule has 2 nitrogen and oxygen atoms in total. The van der Waals surface area contributed by atoms with E-state index >= 15 is 0 Å². The van der Waals surface area contributed by atoms with Gasteiger partial charge in [0, 0.05) is 28.8 Å². The molecule has 17 heavy (non-hydrogen) atoms. The van der Waals surface area contributed by atoms with Crippen LogP contribution >= 0.6 is 19.7 Å². The fourth-order valence-corrected chi connectivity index (χ4v) is 4.49. The summed E-state index contributed by atoms with van der Waals surface area (Å²) in [6, 6.07) is 3.95. The second-order valence-corrected chi connectivity index (χ2v) is 7.07. The lowest BCUT2D eigenvalue weighted by molar-refractivity contribution is 1.14. The number of thioether (sulfide) groups is 1. The molecule has 4 heteroatoms. The SMILES string of the molecule is CSC1=CC=C[C@@H](N=Cc2cccnc2)[P@]1C. The van der Waals surface area contributed by atoms with Gasteiger partial charge in [0.1, 0.15) is 0 Å². The summed E-state index contributed by atoms with van der Waals surface area (Å²) in [5.41, 5.74) is 1.06. The Hall–Kier alpha value is -0.920. The first-order chi connectivity index (χ1) is 8.31. The van der Waals surface area contributed by atoms with Gasteiger partial charge in [-0.3, -0.25) is 9.98 Å². The smallest absolute Gasteiger partial charge is 0.0918 e. The maximum absolute atomic E-state index is 4.66. The van der Waals surface area contributed by atoms with Gasteiger partial charge in [0.15, 0.2) is 0 Å². The molecular formula is C13H15N2PS. The van der Waals surface area contributed by atoms with E-state index in [1.165, 1.54) is 4.65 Å². The Bertz CT molecular complexity index is 454. The molecule has 0 amide bonds. The number of aromatic nitrogens is 1. The zero-order valence-corrected chi connectivity index (χ0v) is 11.7. The zero-order chi connectivity index (χ0) is 12.1. The minimum atomic E-state index is -0.196. The molecular weight excluding hydrogens is 247 g/mol. The average molecular weight is 262 g/mol. The van der Waals surface area contributed by atoms with Crippen molar-refractivity contribution in [2.24, 2.45) is 4.99 Å². The first-order valence-electron chi connectivity index (χ1n) is 5.40. The van der Waals surface area contributed by atoms with Crippen LogP contribution < -0.4 is 0 Å². The van der Waals surface area contributed by atoms with Crippen LogP contribution in [0.2, 0.25) is 0 Å². The highest BCUT2D eigenvalue weighted by molar-refractivity contribution is 8.09. The summed E-state index contributed by atoms with van der Waals surface area (Å²) >= 11 is 1.83. The van der Waals surface area contributed by atoms with Crippen LogP contribution in [0, 0.1) is 0 Å². The van der Waals surface area contributed by atoms with Crippen molar-refractivity contribution >= 4 is 25.9 Å². The fourth-order valence-electron chi connectivity index (χ4n) is 1.59. The maximum Gasteiger partial charge on any atom is 0.0918 e. The van der Waals surface area contributed by atoms with Crippen LogP contribution in [0.1, 0.15) is 5.56 Å². The number of aliphatic imine (C=N–C) groups is 1. The molecule has 1 aromatic heterocycles. The third-order valence-corrected chi connectivity index (χ3v) is 6.45. The van der Waals surface area contributed by atoms with Crippen LogP contribution in [0.4, 0.5) is 0 Å². The van der Waals surface area contributed by atoms with Crippen molar-refractivity contribution in [2.45, 2.75) is 5.78 Å². The average Bonchev–Trinajstić information content (AvgIpc) is 2.39. The highest BCUT2D eigenvalue weighted by atomic mass is 32.2. The van der Waals surface area contributed by atoms with Crippen LogP contribution in [-0.2, 0) is 0 Å². The second-order valence-electron chi connectivity index (χ2n) is 3.68. The van der Waals surface area contributed by atoms with E-state index < -0.39 is 0 Å². The quantitative estimate of drug-likeness (QED) is 0.613. The van der Waals surface area contributed by atoms with E-state index in [1.807, 2.05) is 36.3 Å². The monoisotopic (exact) mass is 262 g/mol. The number of rotatable bonds is 3. The van der Waals surface area contributed by atoms with Gasteiger partial charge in [0.2, 0.25) is 0 Å². The van der Waals surface area contributed by atoms with Crippen molar-refractivity contribution in [1.82, 2.24) is 4.98 Å². The summed E-state index contributed by atoms with van der Waals surface area (Å²) in [6.07, 6.45) is 14.2. The third kappa shape index (κ3) is 3.27. The van der Waals surface area contributed by atoms with Crippen LogP contribution in [-0.4, -0.2) is 29.9 Å². The summed E-state index contributed by atoms with van der Waals surface area (Å²) in [5.74, 6) is 0.303. The molecule has 0 radical (unpaired) electrons. The minimum Gasteiger partial charge on any atom is -0.280 e. The number of hydrogen-bond donors (Lipinski definition) is 0. The number of nitrogens with zero attached hydrogens (tertiary/aromatic N) is 2. The van der Waals surface area contributed by atoms with Crippen molar-refractivity contribution in [3.05, 3.63) is 53.0 Å². The molecule has 0 aliphatic carbocycles. The topological polar surface area (TPSA) is 25.2 Å². The Morgan fingerprint density at radius 1 is 1.53 bits per heavy atom. The Morgan fingerprint density at radius 2 is 2.41 bits per heavy atom. The van der Waals surface area contributed by atoms with Crippen molar-refractivity contribution in [2.75, 3.05) is 12.9 Å². The third-order valence-electron chi connectivity index (χ3n) is 2.54. The van der Waals surface area contributed by atoms with Gasteiger partial charge in [-0.2, -0.15) is 0 Å². The largest absolute Gasteiger partial charge is 0.280 e. The van der Waals surface area contributed by atoms with Gasteiger partial charge in [-0.1, -0.05) is 18.2 Å². The molecule has 1 aliphatic heterocycles. The van der Waals surface area contributed by atoms with E-state index in [-0.39, 0.29) is 7.92 Å². The van der Waals surface area contributed by atoms with Crippen molar-refractivity contribution in [3.63, 3.8) is 0 Å². The van der Waals surface area contributed by atoms with Gasteiger partial charge in [-0.15, -0.1) is 11.8 Å². The molecule has 2 rings (SSSR count). The summed E-state index contributed by atoms with van der Waals surface area (Å²) in [4.78, 5) is 8.73. The minimum absolute atomic E-state index is 0.196. The van der Waals surface area contributed by atoms with Gasteiger partial charge in [0.05, 0.1) is 5.78 Å². The predicted octanol–water partition coefficient (Wildman–Crippen LogP) is 3.71. The molecule has 0 saturated heterocycles. The normalized spacial score (nSPS) is 24.0. The zero-order valence-electron chi connectivity index (χ0n) is 9.95. The first-order valence-corrected chi connectivity index (χ1v) is 8.48. The van der Waals surface area contributed by atoms with Crippen molar-refractivity contribution in [1.29, 1.82) is 0 Å². The standard InChI is InChI=1S/C13H15N2PS/c1-16-12(6-3-7-13(16)17-2)15-10-11-5-4-8-14-9-11/h3-10,12H,1-2H3/t12-,16-/m0/s1. The summed E-state index contributed by atoms with van der Waals surface area (Å²) in [6.45, 7) is 2.28. The molecule has 2 heterocycles. The lowest BCUT2D eigenvalue weighted by Gasteiger charge is -2.22. The van der Waals surface area contributed by atoms with Gasteiger partial charge in [0.25, 0.3) is 0 Å². The van der Waals surface area contributed by atoms with E-state index in [2.05, 4.69) is 41.1 Å². The van der Waals surface area contributed by atoms with Gasteiger partial charge in [-0.05, 0) is 33.0 Å². The van der Waals surface area contributed by atoms with Crippen LogP contribution in [0.3, 0.4) is 0 Å². The van der Waals surface area contributed by atoms with Crippen molar-refractivity contribution in [3.8, 4) is 0 Å². The number of pyridine rings is 1. The number of allylic oxidation sites excluding steroid dienone is 2. The highest BCUT2D eigenvalue weighted by Gasteiger charge is 2.18. The second kappa shape index (κ2) is 6.13. The van der Waals surface area contributed by atoms with Crippen LogP contribution in [0.15, 0.2) is 52.4 Å². The van der Waals surface area contributed by atoms with Gasteiger partial charge < -0.3 is 0 Å². The molecule has 0 bridgehead atoms. The van der Waals surface area contributed by atoms with Crippen molar-refractivity contribution < 1.29 is 0 Å². The molecule has 0 spiro atoms. The van der Waals surface area contributed by atoms with E-state index in [0.29, 0.717) is 5.78 Å². The highest BCUT2D eigenvalue weighted by Crippen LogP contribution is 2.53. The fraction of sp³-hybridized carbons (Fsp3) is 0.231. The predicted molar refractivity (Wildman–Crippen MR) is 79.2 cm³/mol.